The number of nitrogens with one attached hydrogen (secondary N) is 1. The molecule has 1 N–H and O–H groups in total. The first-order chi connectivity index (χ1) is 9.28. The number of hydrogen-bond donors (Lipinski definition) is 1. The van der Waals surface area contributed by atoms with Crippen molar-refractivity contribution in [3.8, 4) is 0 Å². The van der Waals surface area contributed by atoms with Crippen LogP contribution in [0.4, 0.5) is 4.39 Å². The molecule has 0 spiro atoms. The smallest absolute Gasteiger partial charge is 0.192 e. The predicted octanol–water partition coefficient (Wildman–Crippen LogP) is 3.27. The van der Waals surface area contributed by atoms with Crippen LogP contribution in [-0.2, 0) is 6.54 Å². The van der Waals surface area contributed by atoms with E-state index in [0.717, 1.165) is 23.4 Å². The van der Waals surface area contributed by atoms with Crippen LogP contribution in [-0.4, -0.2) is 16.5 Å². The Labute approximate surface area is 116 Å². The molecule has 1 aromatic carbocycles. The first-order valence-electron chi connectivity index (χ1n) is 6.23. The average molecular weight is 277 g/mol. The highest BCUT2D eigenvalue weighted by atomic mass is 32.2. The Hall–Kier alpha value is -1.46. The Bertz CT molecular complexity index is 519. The van der Waals surface area contributed by atoms with Gasteiger partial charge >= 0.3 is 0 Å². The zero-order chi connectivity index (χ0) is 13.5. The number of rotatable bonds is 6. The van der Waals surface area contributed by atoms with Crippen LogP contribution in [0, 0.1) is 5.82 Å². The minimum Gasteiger partial charge on any atom is -0.313 e. The maximum atomic E-state index is 13.6. The second-order valence-electron chi connectivity index (χ2n) is 4.11. The summed E-state index contributed by atoms with van der Waals surface area (Å²) in [6.07, 6.45) is 4.42. The fourth-order valence-electron chi connectivity index (χ4n) is 1.63. The lowest BCUT2D eigenvalue weighted by atomic mass is 10.2. The fourth-order valence-corrected chi connectivity index (χ4v) is 2.45. The third-order valence-corrected chi connectivity index (χ3v) is 3.30. The molecule has 0 aliphatic heterocycles. The van der Waals surface area contributed by atoms with E-state index in [-0.39, 0.29) is 5.82 Å². The van der Waals surface area contributed by atoms with Gasteiger partial charge in [0.25, 0.3) is 0 Å². The lowest BCUT2D eigenvalue weighted by Gasteiger charge is -2.06. The van der Waals surface area contributed by atoms with Crippen molar-refractivity contribution in [1.82, 2.24) is 15.3 Å². The Balaban J connectivity index is 2.08. The first kappa shape index (κ1) is 14.0. The summed E-state index contributed by atoms with van der Waals surface area (Å²) in [6, 6.07) is 6.78. The summed E-state index contributed by atoms with van der Waals surface area (Å²) in [7, 11) is 0. The Morgan fingerprint density at radius 1 is 1.21 bits per heavy atom. The highest BCUT2D eigenvalue weighted by Crippen LogP contribution is 2.25. The van der Waals surface area contributed by atoms with Gasteiger partial charge in [-0.05, 0) is 54.6 Å². The standard InChI is InChI=1S/C14H16FN3S/c1-2-4-16-10-11-7-12(15)9-13(8-11)19-14-17-5-3-6-18-14/h3,5-9,16H,2,4,10H2,1H3. The van der Waals surface area contributed by atoms with Gasteiger partial charge in [-0.15, -0.1) is 0 Å². The van der Waals surface area contributed by atoms with Crippen molar-refractivity contribution in [3.63, 3.8) is 0 Å². The molecule has 0 unspecified atom stereocenters. The molecule has 1 aromatic heterocycles. The normalized spacial score (nSPS) is 10.6. The average Bonchev–Trinajstić information content (AvgIpc) is 2.39. The fraction of sp³-hybridized carbons (Fsp3) is 0.286. The minimum absolute atomic E-state index is 0.228. The lowest BCUT2D eigenvalue weighted by molar-refractivity contribution is 0.615. The van der Waals surface area contributed by atoms with Gasteiger partial charge in [0.2, 0.25) is 0 Å². The third-order valence-electron chi connectivity index (χ3n) is 2.44. The van der Waals surface area contributed by atoms with Gasteiger partial charge in [-0.2, -0.15) is 0 Å². The van der Waals surface area contributed by atoms with Gasteiger partial charge in [0, 0.05) is 23.8 Å². The maximum Gasteiger partial charge on any atom is 0.192 e. The van der Waals surface area contributed by atoms with E-state index in [9.17, 15) is 4.39 Å². The third kappa shape index (κ3) is 4.61. The largest absolute Gasteiger partial charge is 0.313 e. The molecule has 0 atom stereocenters. The molecular formula is C14H16FN3S. The van der Waals surface area contributed by atoms with E-state index in [4.69, 9.17) is 0 Å². The van der Waals surface area contributed by atoms with E-state index in [0.29, 0.717) is 11.7 Å². The Morgan fingerprint density at radius 2 is 2.00 bits per heavy atom. The number of nitrogens with zero attached hydrogens (tertiary/aromatic N) is 2. The van der Waals surface area contributed by atoms with Gasteiger partial charge in [0.15, 0.2) is 5.16 Å². The van der Waals surface area contributed by atoms with Gasteiger partial charge in [-0.25, -0.2) is 14.4 Å². The monoisotopic (exact) mass is 277 g/mol. The summed E-state index contributed by atoms with van der Waals surface area (Å²) >= 11 is 1.37. The number of aromatic nitrogens is 2. The maximum absolute atomic E-state index is 13.6. The van der Waals surface area contributed by atoms with E-state index in [1.807, 2.05) is 6.07 Å². The highest BCUT2D eigenvalue weighted by molar-refractivity contribution is 7.99. The lowest BCUT2D eigenvalue weighted by Crippen LogP contribution is -2.13. The van der Waals surface area contributed by atoms with Crippen molar-refractivity contribution in [2.75, 3.05) is 6.54 Å². The molecule has 0 aliphatic rings. The van der Waals surface area contributed by atoms with Crippen LogP contribution in [0.3, 0.4) is 0 Å². The van der Waals surface area contributed by atoms with Crippen LogP contribution in [0.5, 0.6) is 0 Å². The molecule has 0 bridgehead atoms. The molecule has 19 heavy (non-hydrogen) atoms. The molecule has 0 saturated carbocycles. The van der Waals surface area contributed by atoms with E-state index in [1.165, 1.54) is 17.8 Å². The number of benzene rings is 1. The number of hydrogen-bond acceptors (Lipinski definition) is 4. The first-order valence-corrected chi connectivity index (χ1v) is 7.04. The van der Waals surface area contributed by atoms with Crippen molar-refractivity contribution in [1.29, 1.82) is 0 Å². The van der Waals surface area contributed by atoms with Crippen LogP contribution in [0.15, 0.2) is 46.7 Å². The van der Waals surface area contributed by atoms with Crippen LogP contribution in [0.25, 0.3) is 0 Å². The molecule has 0 saturated heterocycles. The van der Waals surface area contributed by atoms with Crippen molar-refractivity contribution < 1.29 is 4.39 Å². The van der Waals surface area contributed by atoms with Crippen LogP contribution >= 0.6 is 11.8 Å². The van der Waals surface area contributed by atoms with Gasteiger partial charge in [-0.3, -0.25) is 0 Å². The van der Waals surface area contributed by atoms with Crippen LogP contribution in [0.2, 0.25) is 0 Å². The summed E-state index contributed by atoms with van der Waals surface area (Å²) in [6.45, 7) is 3.71. The predicted molar refractivity (Wildman–Crippen MR) is 74.6 cm³/mol. The van der Waals surface area contributed by atoms with E-state index in [1.54, 1.807) is 24.5 Å². The summed E-state index contributed by atoms with van der Waals surface area (Å²) in [5, 5.41) is 3.89. The summed E-state index contributed by atoms with van der Waals surface area (Å²) in [5.74, 6) is -0.228. The van der Waals surface area contributed by atoms with Gasteiger partial charge in [0.05, 0.1) is 0 Å². The molecule has 100 valence electrons. The van der Waals surface area contributed by atoms with Crippen molar-refractivity contribution >= 4 is 11.8 Å². The van der Waals surface area contributed by atoms with Crippen LogP contribution < -0.4 is 5.32 Å². The zero-order valence-corrected chi connectivity index (χ0v) is 11.6. The van der Waals surface area contributed by atoms with E-state index >= 15 is 0 Å². The van der Waals surface area contributed by atoms with E-state index < -0.39 is 0 Å². The topological polar surface area (TPSA) is 37.8 Å². The summed E-state index contributed by atoms with van der Waals surface area (Å²) in [5.41, 5.74) is 0.937. The summed E-state index contributed by atoms with van der Waals surface area (Å²) < 4.78 is 13.6. The molecule has 2 aromatic rings. The van der Waals surface area contributed by atoms with E-state index in [2.05, 4.69) is 22.2 Å². The molecule has 3 nitrogen and oxygen atoms in total. The molecule has 2 rings (SSSR count). The molecule has 0 fully saturated rings. The molecule has 0 aliphatic carbocycles. The molecule has 0 amide bonds. The molecule has 1 heterocycles. The number of halogens is 1. The highest BCUT2D eigenvalue weighted by Gasteiger charge is 2.04. The Morgan fingerprint density at radius 3 is 2.74 bits per heavy atom. The molecule has 0 radical (unpaired) electrons. The van der Waals surface area contributed by atoms with Crippen molar-refractivity contribution in [2.24, 2.45) is 0 Å². The zero-order valence-electron chi connectivity index (χ0n) is 10.8. The second-order valence-corrected chi connectivity index (χ2v) is 5.15. The minimum atomic E-state index is -0.228. The SMILES string of the molecule is CCCNCc1cc(F)cc(Sc2ncccn2)c1. The van der Waals surface area contributed by atoms with Gasteiger partial charge in [-0.1, -0.05) is 6.92 Å². The van der Waals surface area contributed by atoms with Gasteiger partial charge in [0.1, 0.15) is 5.82 Å². The molecule has 5 heteroatoms. The Kier molecular flexibility index (Phi) is 5.30. The van der Waals surface area contributed by atoms with Crippen LogP contribution in [0.1, 0.15) is 18.9 Å². The van der Waals surface area contributed by atoms with Gasteiger partial charge < -0.3 is 5.32 Å². The van der Waals surface area contributed by atoms with Crippen molar-refractivity contribution in [2.45, 2.75) is 29.9 Å². The molecular weight excluding hydrogens is 261 g/mol. The second kappa shape index (κ2) is 7.21. The summed E-state index contributed by atoms with van der Waals surface area (Å²) in [4.78, 5) is 9.06. The van der Waals surface area contributed by atoms with Crippen molar-refractivity contribution in [3.05, 3.63) is 48.0 Å². The quantitative estimate of drug-likeness (QED) is 0.649.